The first kappa shape index (κ1) is 25.0. The highest BCUT2D eigenvalue weighted by Crippen LogP contribution is 2.36. The first-order chi connectivity index (χ1) is 16.1. The number of methoxy groups -OCH3 is 2. The van der Waals surface area contributed by atoms with Crippen molar-refractivity contribution < 1.29 is 23.9 Å². The second-order valence-corrected chi connectivity index (χ2v) is 9.17. The van der Waals surface area contributed by atoms with Crippen LogP contribution in [0.4, 0.5) is 5.69 Å². The Morgan fingerprint density at radius 3 is 2.15 bits per heavy atom. The zero-order valence-electron chi connectivity index (χ0n) is 20.6. The highest BCUT2D eigenvalue weighted by atomic mass is 16.5. The van der Waals surface area contributed by atoms with E-state index < -0.39 is 11.7 Å². The molecule has 0 radical (unpaired) electrons. The van der Waals surface area contributed by atoms with Gasteiger partial charge < -0.3 is 14.8 Å². The maximum Gasteiger partial charge on any atom is 0.296 e. The zero-order valence-corrected chi connectivity index (χ0v) is 20.6. The monoisotopic (exact) mass is 461 g/mol. The minimum atomic E-state index is -0.812. The van der Waals surface area contributed by atoms with Gasteiger partial charge in [-0.2, -0.15) is 0 Å². The first-order valence-corrected chi connectivity index (χ1v) is 11.3. The summed E-state index contributed by atoms with van der Waals surface area (Å²) in [5.74, 6) is -0.705. The number of carbonyl (C=O) groups is 3. The van der Waals surface area contributed by atoms with Crippen LogP contribution in [-0.2, 0) is 10.2 Å². The molecule has 0 unspecified atom stereocenters. The van der Waals surface area contributed by atoms with Gasteiger partial charge in [0, 0.05) is 17.4 Å². The third-order valence-corrected chi connectivity index (χ3v) is 5.74. The molecule has 0 aliphatic carbocycles. The van der Waals surface area contributed by atoms with Crippen LogP contribution >= 0.6 is 0 Å². The van der Waals surface area contributed by atoms with Crippen molar-refractivity contribution in [2.75, 3.05) is 19.5 Å². The largest absolute Gasteiger partial charge is 0.496 e. The Hall–Kier alpha value is -3.67. The number of carbonyl (C=O) groups excluding carboxylic acids is 3. The van der Waals surface area contributed by atoms with Gasteiger partial charge in [0.05, 0.1) is 25.5 Å². The Bertz CT molecular complexity index is 1250. The Kier molecular flexibility index (Phi) is 7.40. The molecular weight excluding hydrogens is 430 g/mol. The molecule has 3 aromatic rings. The number of hydrogen-bond donors (Lipinski definition) is 1. The van der Waals surface area contributed by atoms with Crippen LogP contribution in [0.5, 0.6) is 11.5 Å². The summed E-state index contributed by atoms with van der Waals surface area (Å²) in [5, 5.41) is 4.07. The van der Waals surface area contributed by atoms with Gasteiger partial charge >= 0.3 is 0 Å². The third kappa shape index (κ3) is 4.96. The fourth-order valence-electron chi connectivity index (χ4n) is 3.89. The normalized spacial score (nSPS) is 11.2. The minimum absolute atomic E-state index is 0.0755. The average Bonchev–Trinajstić information content (AvgIpc) is 2.81. The van der Waals surface area contributed by atoms with Gasteiger partial charge in [-0.15, -0.1) is 0 Å². The summed E-state index contributed by atoms with van der Waals surface area (Å²) in [6.07, 6.45) is 1.04. The lowest BCUT2D eigenvalue weighted by Gasteiger charge is -2.23. The molecule has 34 heavy (non-hydrogen) atoms. The van der Waals surface area contributed by atoms with Gasteiger partial charge in [-0.05, 0) is 47.1 Å². The number of benzene rings is 3. The molecule has 0 aromatic heterocycles. The molecule has 178 valence electrons. The Balaban J connectivity index is 2.06. The van der Waals surface area contributed by atoms with Crippen LogP contribution in [0.3, 0.4) is 0 Å². The van der Waals surface area contributed by atoms with E-state index in [4.69, 9.17) is 9.47 Å². The summed E-state index contributed by atoms with van der Waals surface area (Å²) >= 11 is 0. The second kappa shape index (κ2) is 10.1. The number of amides is 1. The Labute approximate surface area is 200 Å². The molecule has 3 rings (SSSR count). The maximum atomic E-state index is 13.2. The molecule has 0 spiro atoms. The van der Waals surface area contributed by atoms with Crippen molar-refractivity contribution >= 4 is 33.9 Å². The van der Waals surface area contributed by atoms with Gasteiger partial charge in [-0.1, -0.05) is 52.0 Å². The summed E-state index contributed by atoms with van der Waals surface area (Å²) in [6, 6.07) is 14.1. The van der Waals surface area contributed by atoms with Gasteiger partial charge in [-0.3, -0.25) is 14.4 Å². The van der Waals surface area contributed by atoms with Crippen molar-refractivity contribution in [3.8, 4) is 11.5 Å². The van der Waals surface area contributed by atoms with Crippen LogP contribution in [0.1, 0.15) is 66.8 Å². The fraction of sp³-hybridized carbons (Fsp3) is 0.321. The number of fused-ring (bicyclic) bond motifs is 1. The van der Waals surface area contributed by atoms with E-state index >= 15 is 0 Å². The van der Waals surface area contributed by atoms with E-state index in [2.05, 4.69) is 5.32 Å². The van der Waals surface area contributed by atoms with E-state index in [1.54, 1.807) is 37.4 Å². The lowest BCUT2D eigenvalue weighted by molar-refractivity contribution is -0.112. The summed E-state index contributed by atoms with van der Waals surface area (Å²) in [5.41, 5.74) is 1.52. The summed E-state index contributed by atoms with van der Waals surface area (Å²) in [7, 11) is 3.01. The van der Waals surface area contributed by atoms with Crippen molar-refractivity contribution in [2.45, 2.75) is 46.0 Å². The zero-order chi connectivity index (χ0) is 25.0. The van der Waals surface area contributed by atoms with Crippen molar-refractivity contribution in [1.29, 1.82) is 0 Å². The molecule has 1 amide bonds. The van der Waals surface area contributed by atoms with Crippen molar-refractivity contribution in [2.24, 2.45) is 0 Å². The number of Topliss-reactive ketones (excluding diaryl/α,β-unsaturated/α-hetero) is 2. The predicted octanol–water partition coefficient (Wildman–Crippen LogP) is 5.96. The van der Waals surface area contributed by atoms with Crippen LogP contribution < -0.4 is 14.8 Å². The van der Waals surface area contributed by atoms with Crippen LogP contribution in [0.25, 0.3) is 10.8 Å². The Morgan fingerprint density at radius 1 is 0.882 bits per heavy atom. The second-order valence-electron chi connectivity index (χ2n) is 9.17. The number of rotatable bonds is 8. The van der Waals surface area contributed by atoms with Crippen LogP contribution in [0, 0.1) is 0 Å². The van der Waals surface area contributed by atoms with Crippen LogP contribution in [-0.4, -0.2) is 31.7 Å². The molecule has 0 heterocycles. The molecule has 0 saturated carbocycles. The van der Waals surface area contributed by atoms with Gasteiger partial charge in [-0.25, -0.2) is 0 Å². The molecular formula is C28H31NO5. The molecule has 0 bridgehead atoms. The fourth-order valence-corrected chi connectivity index (χ4v) is 3.89. The first-order valence-electron chi connectivity index (χ1n) is 11.3. The van der Waals surface area contributed by atoms with E-state index in [-0.39, 0.29) is 22.5 Å². The molecule has 0 aliphatic heterocycles. The van der Waals surface area contributed by atoms with Gasteiger partial charge in [0.15, 0.2) is 11.5 Å². The van der Waals surface area contributed by atoms with E-state index in [0.29, 0.717) is 35.2 Å². The smallest absolute Gasteiger partial charge is 0.296 e. The number of anilines is 1. The summed E-state index contributed by atoms with van der Waals surface area (Å²) < 4.78 is 10.9. The molecule has 6 nitrogen and oxygen atoms in total. The number of hydrogen-bond acceptors (Lipinski definition) is 5. The topological polar surface area (TPSA) is 81.7 Å². The van der Waals surface area contributed by atoms with Gasteiger partial charge in [0.1, 0.15) is 5.75 Å². The number of ketones is 2. The molecule has 0 aliphatic rings. The number of ether oxygens (including phenoxy) is 2. The lowest BCUT2D eigenvalue weighted by atomic mass is 9.84. The van der Waals surface area contributed by atoms with E-state index in [1.807, 2.05) is 45.9 Å². The molecule has 3 aromatic carbocycles. The van der Waals surface area contributed by atoms with E-state index in [0.717, 1.165) is 10.9 Å². The van der Waals surface area contributed by atoms with Gasteiger partial charge in [0.2, 0.25) is 0 Å². The quantitative estimate of drug-likeness (QED) is 0.331. The molecule has 6 heteroatoms. The maximum absolute atomic E-state index is 13.2. The molecule has 0 saturated heterocycles. The molecule has 1 N–H and O–H groups in total. The van der Waals surface area contributed by atoms with Crippen LogP contribution in [0.15, 0.2) is 48.5 Å². The number of nitrogens with one attached hydrogen (secondary N) is 1. The van der Waals surface area contributed by atoms with E-state index in [9.17, 15) is 14.4 Å². The Morgan fingerprint density at radius 2 is 1.56 bits per heavy atom. The minimum Gasteiger partial charge on any atom is -0.496 e. The standard InChI is InChI=1S/C28H31NO5/c1-7-10-23(30)21-15-17(28(2,3)4)16-22(26(21)34-6)29-27(32)25(31)20-13-14-24(33-5)19-12-9-8-11-18(19)20/h8-9,11-16H,7,10H2,1-6H3,(H,29,32). The highest BCUT2D eigenvalue weighted by Gasteiger charge is 2.26. The van der Waals surface area contributed by atoms with Crippen LogP contribution in [0.2, 0.25) is 0 Å². The summed E-state index contributed by atoms with van der Waals surface area (Å²) in [6.45, 7) is 7.98. The van der Waals surface area contributed by atoms with Crippen molar-refractivity contribution in [3.05, 3.63) is 65.2 Å². The summed E-state index contributed by atoms with van der Waals surface area (Å²) in [4.78, 5) is 39.2. The molecule has 0 fully saturated rings. The SMILES string of the molecule is CCCC(=O)c1cc(C(C)(C)C)cc(NC(=O)C(=O)c2ccc(OC)c3ccccc23)c1OC. The third-order valence-electron chi connectivity index (χ3n) is 5.74. The van der Waals surface area contributed by atoms with Gasteiger partial charge in [0.25, 0.3) is 11.7 Å². The predicted molar refractivity (Wildman–Crippen MR) is 134 cm³/mol. The van der Waals surface area contributed by atoms with Crippen molar-refractivity contribution in [1.82, 2.24) is 0 Å². The average molecular weight is 462 g/mol. The lowest BCUT2D eigenvalue weighted by Crippen LogP contribution is -2.24. The van der Waals surface area contributed by atoms with Crippen molar-refractivity contribution in [3.63, 3.8) is 0 Å². The van der Waals surface area contributed by atoms with E-state index in [1.165, 1.54) is 7.11 Å². The molecule has 0 atom stereocenters. The highest BCUT2D eigenvalue weighted by molar-refractivity contribution is 6.48.